The molecule has 1 aromatic carbocycles. The number of nitrogen functional groups attached to an aromatic ring is 1. The molecule has 1 aromatic rings. The van der Waals surface area contributed by atoms with Crippen molar-refractivity contribution in [3.05, 3.63) is 23.8 Å². The van der Waals surface area contributed by atoms with Crippen LogP contribution in [0.3, 0.4) is 0 Å². The smallest absolute Gasteiger partial charge is 0.246 e. The molecule has 7 heteroatoms. The molecule has 106 valence electrons. The second-order valence-electron chi connectivity index (χ2n) is 4.63. The van der Waals surface area contributed by atoms with Crippen molar-refractivity contribution in [2.75, 3.05) is 18.8 Å². The molecule has 0 bridgehead atoms. The predicted molar refractivity (Wildman–Crippen MR) is 68.0 cm³/mol. The van der Waals surface area contributed by atoms with Crippen LogP contribution in [-0.4, -0.2) is 25.8 Å². The van der Waals surface area contributed by atoms with Crippen molar-refractivity contribution < 1.29 is 17.2 Å². The standard InChI is InChI=1S/C12H16F2N2O2S/c13-10-7-9(15)8-11(12(10)14)19(17,18)16-5-3-1-2-4-6-16/h7-8H,1-6,15H2. The fourth-order valence-corrected chi connectivity index (χ4v) is 3.82. The zero-order valence-corrected chi connectivity index (χ0v) is 11.2. The minimum Gasteiger partial charge on any atom is -0.399 e. The van der Waals surface area contributed by atoms with E-state index in [1.807, 2.05) is 0 Å². The quantitative estimate of drug-likeness (QED) is 0.849. The highest BCUT2D eigenvalue weighted by Gasteiger charge is 2.29. The third-order valence-corrected chi connectivity index (χ3v) is 5.10. The summed E-state index contributed by atoms with van der Waals surface area (Å²) in [6.45, 7) is 0.663. The normalized spacial score (nSPS) is 18.2. The van der Waals surface area contributed by atoms with Gasteiger partial charge in [0.2, 0.25) is 10.0 Å². The van der Waals surface area contributed by atoms with Crippen LogP contribution in [0, 0.1) is 11.6 Å². The van der Waals surface area contributed by atoms with Gasteiger partial charge in [0, 0.05) is 18.8 Å². The Balaban J connectivity index is 2.44. The SMILES string of the molecule is Nc1cc(F)c(F)c(S(=O)(=O)N2CCCCCC2)c1. The summed E-state index contributed by atoms with van der Waals surface area (Å²) >= 11 is 0. The predicted octanol–water partition coefficient (Wildman–Crippen LogP) is 2.11. The molecule has 0 spiro atoms. The molecule has 0 amide bonds. The summed E-state index contributed by atoms with van der Waals surface area (Å²) in [6.07, 6.45) is 3.34. The van der Waals surface area contributed by atoms with Crippen LogP contribution < -0.4 is 5.73 Å². The van der Waals surface area contributed by atoms with Gasteiger partial charge in [-0.05, 0) is 25.0 Å². The molecule has 0 aliphatic carbocycles. The van der Waals surface area contributed by atoms with Crippen LogP contribution in [0.25, 0.3) is 0 Å². The number of sulfonamides is 1. The number of nitrogens with two attached hydrogens (primary N) is 1. The molecule has 1 aliphatic rings. The number of anilines is 1. The van der Waals surface area contributed by atoms with Gasteiger partial charge in [0.05, 0.1) is 0 Å². The van der Waals surface area contributed by atoms with Crippen LogP contribution in [0.15, 0.2) is 17.0 Å². The summed E-state index contributed by atoms with van der Waals surface area (Å²) in [5, 5.41) is 0. The Morgan fingerprint density at radius 3 is 2.21 bits per heavy atom. The van der Waals surface area contributed by atoms with Gasteiger partial charge >= 0.3 is 0 Å². The molecule has 1 aliphatic heterocycles. The molecule has 1 fully saturated rings. The third kappa shape index (κ3) is 2.87. The molecule has 2 N–H and O–H groups in total. The topological polar surface area (TPSA) is 63.4 Å². The number of hydrogen-bond donors (Lipinski definition) is 1. The molecular weight excluding hydrogens is 274 g/mol. The van der Waals surface area contributed by atoms with Gasteiger partial charge < -0.3 is 5.73 Å². The lowest BCUT2D eigenvalue weighted by Gasteiger charge is -2.20. The molecule has 0 saturated carbocycles. The molecule has 1 heterocycles. The summed E-state index contributed by atoms with van der Waals surface area (Å²) in [5.41, 5.74) is 5.29. The average molecular weight is 290 g/mol. The van der Waals surface area contributed by atoms with E-state index in [0.29, 0.717) is 13.1 Å². The number of hydrogen-bond acceptors (Lipinski definition) is 3. The van der Waals surface area contributed by atoms with Gasteiger partial charge in [-0.3, -0.25) is 0 Å². The van der Waals surface area contributed by atoms with Gasteiger partial charge in [0.15, 0.2) is 11.6 Å². The van der Waals surface area contributed by atoms with Gasteiger partial charge in [-0.1, -0.05) is 12.8 Å². The Morgan fingerprint density at radius 2 is 1.63 bits per heavy atom. The molecule has 4 nitrogen and oxygen atoms in total. The molecule has 0 aromatic heterocycles. The Kier molecular flexibility index (Phi) is 4.05. The van der Waals surface area contributed by atoms with Crippen molar-refractivity contribution >= 4 is 15.7 Å². The Bertz CT molecular complexity index is 567. The van der Waals surface area contributed by atoms with Gasteiger partial charge in [-0.15, -0.1) is 0 Å². The van der Waals surface area contributed by atoms with E-state index < -0.39 is 26.6 Å². The number of nitrogens with zero attached hydrogens (tertiary/aromatic N) is 1. The summed E-state index contributed by atoms with van der Waals surface area (Å²) in [7, 11) is -4.02. The lowest BCUT2D eigenvalue weighted by Crippen LogP contribution is -2.32. The highest BCUT2D eigenvalue weighted by atomic mass is 32.2. The summed E-state index contributed by atoms with van der Waals surface area (Å²) < 4.78 is 52.8. The zero-order valence-electron chi connectivity index (χ0n) is 10.4. The van der Waals surface area contributed by atoms with E-state index in [4.69, 9.17) is 5.73 Å². The first kappa shape index (κ1) is 14.2. The maximum absolute atomic E-state index is 13.7. The fourth-order valence-electron chi connectivity index (χ4n) is 2.19. The Hall–Kier alpha value is -1.21. The second kappa shape index (κ2) is 5.42. The van der Waals surface area contributed by atoms with Crippen LogP contribution in [-0.2, 0) is 10.0 Å². The average Bonchev–Trinajstić information content (AvgIpc) is 2.62. The first-order valence-corrected chi connectivity index (χ1v) is 7.61. The van der Waals surface area contributed by atoms with Gasteiger partial charge in [-0.2, -0.15) is 4.31 Å². The van der Waals surface area contributed by atoms with Crippen LogP contribution in [0.2, 0.25) is 0 Å². The minimum atomic E-state index is -4.02. The first-order chi connectivity index (χ1) is 8.93. The van der Waals surface area contributed by atoms with Crippen molar-refractivity contribution in [2.45, 2.75) is 30.6 Å². The first-order valence-electron chi connectivity index (χ1n) is 6.17. The van der Waals surface area contributed by atoms with Crippen LogP contribution in [0.5, 0.6) is 0 Å². The molecule has 0 unspecified atom stereocenters. The molecule has 19 heavy (non-hydrogen) atoms. The van der Waals surface area contributed by atoms with Crippen molar-refractivity contribution in [3.63, 3.8) is 0 Å². The summed E-state index contributed by atoms with van der Waals surface area (Å²) in [6, 6.07) is 1.75. The van der Waals surface area contributed by atoms with E-state index in [-0.39, 0.29) is 5.69 Å². The van der Waals surface area contributed by atoms with E-state index in [1.54, 1.807) is 0 Å². The van der Waals surface area contributed by atoms with E-state index in [1.165, 1.54) is 4.31 Å². The maximum atomic E-state index is 13.7. The lowest BCUT2D eigenvalue weighted by atomic mass is 10.2. The van der Waals surface area contributed by atoms with Crippen LogP contribution in [0.4, 0.5) is 14.5 Å². The largest absolute Gasteiger partial charge is 0.399 e. The van der Waals surface area contributed by atoms with E-state index in [2.05, 4.69) is 0 Å². The molecule has 0 radical (unpaired) electrons. The van der Waals surface area contributed by atoms with E-state index in [0.717, 1.165) is 37.8 Å². The second-order valence-corrected chi connectivity index (χ2v) is 6.54. The summed E-state index contributed by atoms with van der Waals surface area (Å²) in [5.74, 6) is -2.60. The highest BCUT2D eigenvalue weighted by Crippen LogP contribution is 2.26. The Labute approximate surface area is 111 Å². The van der Waals surface area contributed by atoms with Crippen molar-refractivity contribution in [1.82, 2.24) is 4.31 Å². The number of benzene rings is 1. The zero-order chi connectivity index (χ0) is 14.0. The monoisotopic (exact) mass is 290 g/mol. The number of rotatable bonds is 2. The fraction of sp³-hybridized carbons (Fsp3) is 0.500. The van der Waals surface area contributed by atoms with E-state index in [9.17, 15) is 17.2 Å². The molecule has 2 rings (SSSR count). The minimum absolute atomic E-state index is 0.104. The van der Waals surface area contributed by atoms with Crippen molar-refractivity contribution in [2.24, 2.45) is 0 Å². The van der Waals surface area contributed by atoms with Crippen molar-refractivity contribution in [3.8, 4) is 0 Å². The van der Waals surface area contributed by atoms with Crippen molar-refractivity contribution in [1.29, 1.82) is 0 Å². The molecule has 1 saturated heterocycles. The molecule has 0 atom stereocenters. The van der Waals surface area contributed by atoms with Gasteiger partial charge in [-0.25, -0.2) is 17.2 Å². The van der Waals surface area contributed by atoms with Gasteiger partial charge in [0.1, 0.15) is 4.90 Å². The summed E-state index contributed by atoms with van der Waals surface area (Å²) in [4.78, 5) is -0.674. The maximum Gasteiger partial charge on any atom is 0.246 e. The Morgan fingerprint density at radius 1 is 1.05 bits per heavy atom. The van der Waals surface area contributed by atoms with Gasteiger partial charge in [0.25, 0.3) is 0 Å². The van der Waals surface area contributed by atoms with Crippen LogP contribution >= 0.6 is 0 Å². The lowest BCUT2D eigenvalue weighted by molar-refractivity contribution is 0.415. The number of halogens is 2. The van der Waals surface area contributed by atoms with E-state index >= 15 is 0 Å². The highest BCUT2D eigenvalue weighted by molar-refractivity contribution is 7.89. The third-order valence-electron chi connectivity index (χ3n) is 3.20. The molecular formula is C12H16F2N2O2S. The van der Waals surface area contributed by atoms with Crippen LogP contribution in [0.1, 0.15) is 25.7 Å².